The van der Waals surface area contributed by atoms with Crippen molar-refractivity contribution in [2.45, 2.75) is 201 Å². The number of nitrogens with zero attached hydrogens (tertiary/aromatic N) is 1. The average Bonchev–Trinajstić information content (AvgIpc) is 2.90. The molecule has 0 radical (unpaired) electrons. The van der Waals surface area contributed by atoms with Crippen molar-refractivity contribution in [2.24, 2.45) is 0 Å². The van der Waals surface area contributed by atoms with Crippen molar-refractivity contribution in [3.8, 4) is 0 Å². The van der Waals surface area contributed by atoms with E-state index in [1.807, 2.05) is 0 Å². The minimum atomic E-state index is 1.20. The first kappa shape index (κ1) is 34.2. The molecule has 0 atom stereocenters. The van der Waals surface area contributed by atoms with E-state index >= 15 is 0 Å². The molecule has 0 spiro atoms. The Morgan fingerprint density at radius 2 is 0.676 bits per heavy atom. The third-order valence-corrected chi connectivity index (χ3v) is 8.19. The topological polar surface area (TPSA) is 3.88 Å². The molecule has 1 aromatic rings. The van der Waals surface area contributed by atoms with Crippen LogP contribution in [0.4, 0.5) is 0 Å². The number of hydrogen-bond acceptors (Lipinski definition) is 0. The Hall–Kier alpha value is -0.850. The molecule has 0 saturated carbocycles. The maximum atomic E-state index is 2.54. The summed E-state index contributed by atoms with van der Waals surface area (Å²) in [5.74, 6) is 0. The van der Waals surface area contributed by atoms with Gasteiger partial charge in [0.2, 0.25) is 0 Å². The summed E-state index contributed by atoms with van der Waals surface area (Å²) in [5.41, 5.74) is 3.18. The Kier molecular flexibility index (Phi) is 24.7. The van der Waals surface area contributed by atoms with Crippen LogP contribution in [0, 0.1) is 0 Å². The highest BCUT2D eigenvalue weighted by Gasteiger charge is 2.08. The third-order valence-electron chi connectivity index (χ3n) is 8.19. The quantitative estimate of drug-likeness (QED) is 0.0773. The molecule has 1 aromatic heterocycles. The molecule has 0 amide bonds. The van der Waals surface area contributed by atoms with Gasteiger partial charge >= 0.3 is 0 Å². The second-order valence-corrected chi connectivity index (χ2v) is 12.1. The van der Waals surface area contributed by atoms with Gasteiger partial charge in [-0.15, -0.1) is 0 Å². The predicted molar refractivity (Wildman–Crippen MR) is 166 cm³/mol. The molecule has 1 nitrogen and oxygen atoms in total. The van der Waals surface area contributed by atoms with Gasteiger partial charge in [0.25, 0.3) is 0 Å². The van der Waals surface area contributed by atoms with E-state index in [9.17, 15) is 0 Å². The molecule has 0 aliphatic rings. The summed E-state index contributed by atoms with van der Waals surface area (Å²) in [6.07, 6.45) is 43.0. The molecular weight excluding hydrogens is 446 g/mol. The highest BCUT2D eigenvalue weighted by Crippen LogP contribution is 2.15. The summed E-state index contributed by atoms with van der Waals surface area (Å²) >= 11 is 0. The first-order chi connectivity index (χ1) is 18.3. The van der Waals surface area contributed by atoms with Gasteiger partial charge in [-0.1, -0.05) is 156 Å². The fourth-order valence-corrected chi connectivity index (χ4v) is 5.71. The Balaban J connectivity index is 2.25. The largest absolute Gasteiger partial charge is 0.205 e. The third kappa shape index (κ3) is 21.7. The molecule has 216 valence electrons. The molecule has 0 N–H and O–H groups in total. The summed E-state index contributed by atoms with van der Waals surface area (Å²) < 4.78 is 2.53. The first-order valence-electron chi connectivity index (χ1n) is 17.3. The smallest absolute Gasteiger partial charge is 0.171 e. The van der Waals surface area contributed by atoms with E-state index in [1.165, 1.54) is 180 Å². The van der Waals surface area contributed by atoms with Crippen molar-refractivity contribution >= 4 is 0 Å². The molecule has 1 heterocycles. The number of hydrogen-bond donors (Lipinski definition) is 0. The van der Waals surface area contributed by atoms with Crippen LogP contribution in [0.2, 0.25) is 0 Å². The zero-order valence-electron chi connectivity index (χ0n) is 26.0. The fraction of sp³-hybridized carbons (Fsp3) is 0.861. The molecule has 1 heteroatoms. The summed E-state index contributed by atoms with van der Waals surface area (Å²) in [4.78, 5) is 0. The van der Waals surface area contributed by atoms with Crippen LogP contribution in [-0.4, -0.2) is 0 Å². The Morgan fingerprint density at radius 3 is 1.03 bits per heavy atom. The second kappa shape index (κ2) is 26.7. The SMILES string of the molecule is CCCCCCCCCCCCCc1cc(CCCCCCCCCCCCC)c[n+](CCCCC)c1. The Morgan fingerprint density at radius 1 is 0.378 bits per heavy atom. The number of unbranched alkanes of at least 4 members (excludes halogenated alkanes) is 22. The lowest BCUT2D eigenvalue weighted by atomic mass is 10.0. The van der Waals surface area contributed by atoms with E-state index in [1.54, 1.807) is 11.1 Å². The lowest BCUT2D eigenvalue weighted by Gasteiger charge is -2.07. The molecule has 1 rings (SSSR count). The van der Waals surface area contributed by atoms with Crippen LogP contribution in [0.15, 0.2) is 18.5 Å². The first-order valence-corrected chi connectivity index (χ1v) is 17.3. The summed E-state index contributed by atoms with van der Waals surface area (Å²) in [6.45, 7) is 8.12. The van der Waals surface area contributed by atoms with Gasteiger partial charge in [0.15, 0.2) is 12.4 Å². The molecular formula is C36H68N+. The summed E-state index contributed by atoms with van der Waals surface area (Å²) in [6, 6.07) is 2.54. The fourth-order valence-electron chi connectivity index (χ4n) is 5.71. The van der Waals surface area contributed by atoms with Crippen LogP contribution in [0.1, 0.15) is 192 Å². The van der Waals surface area contributed by atoms with Crippen LogP contribution in [0.25, 0.3) is 0 Å². The van der Waals surface area contributed by atoms with E-state index < -0.39 is 0 Å². The molecule has 0 aliphatic heterocycles. The van der Waals surface area contributed by atoms with E-state index in [-0.39, 0.29) is 0 Å². The van der Waals surface area contributed by atoms with Crippen molar-refractivity contribution in [1.82, 2.24) is 0 Å². The molecule has 0 unspecified atom stereocenters. The van der Waals surface area contributed by atoms with Crippen LogP contribution < -0.4 is 4.57 Å². The maximum Gasteiger partial charge on any atom is 0.171 e. The lowest BCUT2D eigenvalue weighted by molar-refractivity contribution is -0.698. The molecule has 0 fully saturated rings. The van der Waals surface area contributed by atoms with Crippen molar-refractivity contribution in [3.63, 3.8) is 0 Å². The van der Waals surface area contributed by atoms with Gasteiger partial charge in [0, 0.05) is 17.5 Å². The highest BCUT2D eigenvalue weighted by atomic mass is 14.9. The zero-order chi connectivity index (χ0) is 26.7. The lowest BCUT2D eigenvalue weighted by Crippen LogP contribution is -2.34. The second-order valence-electron chi connectivity index (χ2n) is 12.1. The Bertz CT molecular complexity index is 548. The van der Waals surface area contributed by atoms with Crippen LogP contribution >= 0.6 is 0 Å². The van der Waals surface area contributed by atoms with Gasteiger partial charge in [-0.05, 0) is 38.2 Å². The van der Waals surface area contributed by atoms with E-state index in [0.29, 0.717) is 0 Å². The molecule has 37 heavy (non-hydrogen) atoms. The number of aryl methyl sites for hydroxylation is 3. The van der Waals surface area contributed by atoms with E-state index in [0.717, 1.165) is 0 Å². The standard InChI is InChI=1S/C36H68N/c1-4-7-10-12-14-16-18-20-22-24-26-29-35-32-36(34-37(33-35)31-28-9-6-3)30-27-25-23-21-19-17-15-13-11-8-5-2/h32-34H,4-31H2,1-3H3/q+1. The van der Waals surface area contributed by atoms with E-state index in [4.69, 9.17) is 0 Å². The van der Waals surface area contributed by atoms with Crippen molar-refractivity contribution in [1.29, 1.82) is 0 Å². The minimum Gasteiger partial charge on any atom is -0.205 e. The van der Waals surface area contributed by atoms with Crippen molar-refractivity contribution in [3.05, 3.63) is 29.6 Å². The Labute approximate surface area is 234 Å². The number of aromatic nitrogens is 1. The monoisotopic (exact) mass is 515 g/mol. The van der Waals surface area contributed by atoms with Gasteiger partial charge < -0.3 is 0 Å². The number of rotatable bonds is 28. The molecule has 0 bridgehead atoms. The molecule has 0 aromatic carbocycles. The van der Waals surface area contributed by atoms with Gasteiger partial charge in [-0.25, -0.2) is 4.57 Å². The zero-order valence-corrected chi connectivity index (χ0v) is 26.0. The molecule has 0 aliphatic carbocycles. The highest BCUT2D eigenvalue weighted by molar-refractivity contribution is 5.15. The van der Waals surface area contributed by atoms with Crippen molar-refractivity contribution < 1.29 is 4.57 Å². The van der Waals surface area contributed by atoms with Crippen LogP contribution in [0.5, 0.6) is 0 Å². The minimum absolute atomic E-state index is 1.20. The van der Waals surface area contributed by atoms with Crippen LogP contribution in [0.3, 0.4) is 0 Å². The van der Waals surface area contributed by atoms with Gasteiger partial charge in [-0.3, -0.25) is 0 Å². The summed E-state index contributed by atoms with van der Waals surface area (Å²) in [5, 5.41) is 0. The summed E-state index contributed by atoms with van der Waals surface area (Å²) in [7, 11) is 0. The predicted octanol–water partition coefficient (Wildman–Crippen LogP) is 11.9. The van der Waals surface area contributed by atoms with Crippen molar-refractivity contribution in [2.75, 3.05) is 0 Å². The maximum absolute atomic E-state index is 2.54. The van der Waals surface area contributed by atoms with Gasteiger partial charge in [0.05, 0.1) is 0 Å². The number of pyridine rings is 1. The van der Waals surface area contributed by atoms with Gasteiger partial charge in [0.1, 0.15) is 6.54 Å². The van der Waals surface area contributed by atoms with E-state index in [2.05, 4.69) is 43.8 Å². The molecule has 0 saturated heterocycles. The normalized spacial score (nSPS) is 11.4. The average molecular weight is 515 g/mol. The van der Waals surface area contributed by atoms with Gasteiger partial charge in [-0.2, -0.15) is 0 Å². The van der Waals surface area contributed by atoms with Crippen LogP contribution in [-0.2, 0) is 19.4 Å².